The number of aliphatic hydroxyl groups is 2. The van der Waals surface area contributed by atoms with E-state index in [1.807, 2.05) is 0 Å². The van der Waals surface area contributed by atoms with Crippen LogP contribution >= 0.6 is 0 Å². The molecule has 3 fully saturated rings. The molecule has 0 aromatic rings. The van der Waals surface area contributed by atoms with Crippen molar-refractivity contribution < 1.29 is 10.2 Å². The third kappa shape index (κ3) is 1.81. The van der Waals surface area contributed by atoms with Crippen molar-refractivity contribution in [3.8, 4) is 0 Å². The van der Waals surface area contributed by atoms with E-state index < -0.39 is 0 Å². The summed E-state index contributed by atoms with van der Waals surface area (Å²) in [5.41, 5.74) is 0.514. The molecule has 4 aliphatic carbocycles. The molecule has 118 valence electrons. The van der Waals surface area contributed by atoms with Crippen LogP contribution in [0.25, 0.3) is 0 Å². The van der Waals surface area contributed by atoms with Crippen LogP contribution in [-0.2, 0) is 0 Å². The van der Waals surface area contributed by atoms with E-state index in [1.165, 1.54) is 25.7 Å². The first-order valence-corrected chi connectivity index (χ1v) is 9.03. The maximum atomic E-state index is 10.3. The smallest absolute Gasteiger partial charge is 0.0944 e. The average Bonchev–Trinajstić information content (AvgIpc) is 2.76. The summed E-state index contributed by atoms with van der Waals surface area (Å²) in [6, 6.07) is 0. The Morgan fingerprint density at radius 1 is 1.05 bits per heavy atom. The lowest BCUT2D eigenvalue weighted by Crippen LogP contribution is -2.53. The van der Waals surface area contributed by atoms with Crippen molar-refractivity contribution in [1.82, 2.24) is 0 Å². The summed E-state index contributed by atoms with van der Waals surface area (Å²) in [5.74, 6) is 3.69. The van der Waals surface area contributed by atoms with Gasteiger partial charge >= 0.3 is 0 Å². The normalized spacial score (nSPS) is 56.1. The molecule has 0 amide bonds. The topological polar surface area (TPSA) is 40.5 Å². The predicted molar refractivity (Wildman–Crippen MR) is 83.8 cm³/mol. The summed E-state index contributed by atoms with van der Waals surface area (Å²) in [6.07, 6.45) is 11.4. The van der Waals surface area contributed by atoms with Crippen molar-refractivity contribution >= 4 is 0 Å². The minimum Gasteiger partial charge on any atom is -0.512 e. The number of aliphatic hydroxyl groups excluding tert-OH is 2. The largest absolute Gasteiger partial charge is 0.512 e. The molecular formula is C19H30O2. The van der Waals surface area contributed by atoms with Crippen molar-refractivity contribution in [2.24, 2.45) is 34.5 Å². The summed E-state index contributed by atoms with van der Waals surface area (Å²) in [7, 11) is 0. The molecule has 0 radical (unpaired) electrons. The van der Waals surface area contributed by atoms with Gasteiger partial charge in [-0.25, -0.2) is 0 Å². The van der Waals surface area contributed by atoms with E-state index in [9.17, 15) is 10.2 Å². The van der Waals surface area contributed by atoms with Crippen LogP contribution in [-0.4, -0.2) is 16.3 Å². The van der Waals surface area contributed by atoms with E-state index in [2.05, 4.69) is 19.9 Å². The molecule has 0 aliphatic heterocycles. The molecule has 7 atom stereocenters. The highest BCUT2D eigenvalue weighted by Gasteiger charge is 2.58. The average molecular weight is 290 g/mol. The summed E-state index contributed by atoms with van der Waals surface area (Å²) in [5, 5.41) is 20.4. The third-order valence-corrected chi connectivity index (χ3v) is 8.18. The lowest BCUT2D eigenvalue weighted by molar-refractivity contribution is -0.121. The van der Waals surface area contributed by atoms with E-state index >= 15 is 0 Å². The number of allylic oxidation sites excluding steroid dienone is 2. The highest BCUT2D eigenvalue weighted by Crippen LogP contribution is 2.65. The minimum absolute atomic E-state index is 0.0503. The molecule has 0 saturated heterocycles. The van der Waals surface area contributed by atoms with Crippen molar-refractivity contribution in [3.05, 3.63) is 11.8 Å². The molecule has 7 unspecified atom stereocenters. The van der Waals surface area contributed by atoms with Gasteiger partial charge in [0.25, 0.3) is 0 Å². The van der Waals surface area contributed by atoms with E-state index in [4.69, 9.17) is 0 Å². The van der Waals surface area contributed by atoms with Gasteiger partial charge in [0.05, 0.1) is 11.9 Å². The fourth-order valence-corrected chi connectivity index (χ4v) is 6.78. The molecule has 0 aromatic heterocycles. The van der Waals surface area contributed by atoms with Crippen LogP contribution in [0.2, 0.25) is 0 Å². The number of hydrogen-bond donors (Lipinski definition) is 2. The molecule has 0 bridgehead atoms. The SMILES string of the molecule is CC12CCC3C(CCC4CC(O)CCC43C)C1CC=C2O. The Balaban J connectivity index is 1.63. The monoisotopic (exact) mass is 290 g/mol. The fourth-order valence-electron chi connectivity index (χ4n) is 6.78. The zero-order chi connectivity index (χ0) is 14.8. The van der Waals surface area contributed by atoms with Gasteiger partial charge in [-0.15, -0.1) is 0 Å². The number of hydrogen-bond acceptors (Lipinski definition) is 2. The van der Waals surface area contributed by atoms with Crippen LogP contribution in [0.5, 0.6) is 0 Å². The van der Waals surface area contributed by atoms with E-state index in [1.54, 1.807) is 0 Å². The minimum atomic E-state index is -0.0503. The van der Waals surface area contributed by atoms with Crippen LogP contribution in [0, 0.1) is 34.5 Å². The van der Waals surface area contributed by atoms with Gasteiger partial charge in [0.1, 0.15) is 0 Å². The van der Waals surface area contributed by atoms with Crippen molar-refractivity contribution in [2.45, 2.75) is 71.3 Å². The van der Waals surface area contributed by atoms with E-state index in [0.717, 1.165) is 43.4 Å². The Hall–Kier alpha value is -0.500. The summed E-state index contributed by atoms with van der Waals surface area (Å²) in [6.45, 7) is 4.82. The molecule has 2 heteroatoms. The van der Waals surface area contributed by atoms with Crippen LogP contribution in [0.1, 0.15) is 65.2 Å². The van der Waals surface area contributed by atoms with E-state index in [-0.39, 0.29) is 11.5 Å². The van der Waals surface area contributed by atoms with Gasteiger partial charge in [-0.2, -0.15) is 0 Å². The van der Waals surface area contributed by atoms with E-state index in [0.29, 0.717) is 17.1 Å². The van der Waals surface area contributed by atoms with Crippen molar-refractivity contribution in [1.29, 1.82) is 0 Å². The standard InChI is InChI=1S/C19H30O2/c1-18-9-7-13(20)11-12(18)3-4-14-15-5-6-17(21)19(15,2)10-8-16(14)18/h6,12-16,20-21H,3-5,7-11H2,1-2H3. The summed E-state index contributed by atoms with van der Waals surface area (Å²) >= 11 is 0. The maximum absolute atomic E-state index is 10.3. The molecule has 2 N–H and O–H groups in total. The second-order valence-corrected chi connectivity index (χ2v) is 8.87. The first-order valence-electron chi connectivity index (χ1n) is 9.03. The highest BCUT2D eigenvalue weighted by molar-refractivity contribution is 5.20. The van der Waals surface area contributed by atoms with Crippen molar-refractivity contribution in [2.75, 3.05) is 0 Å². The Labute approximate surface area is 128 Å². The van der Waals surface area contributed by atoms with Crippen molar-refractivity contribution in [3.63, 3.8) is 0 Å². The third-order valence-electron chi connectivity index (χ3n) is 8.18. The van der Waals surface area contributed by atoms with Crippen LogP contribution in [0.3, 0.4) is 0 Å². The molecule has 0 heterocycles. The molecule has 4 aliphatic rings. The lowest BCUT2D eigenvalue weighted by atomic mass is 9.45. The molecule has 21 heavy (non-hydrogen) atoms. The first kappa shape index (κ1) is 14.1. The highest BCUT2D eigenvalue weighted by atomic mass is 16.3. The van der Waals surface area contributed by atoms with Gasteiger partial charge in [-0.1, -0.05) is 13.8 Å². The van der Waals surface area contributed by atoms with Gasteiger partial charge in [0, 0.05) is 5.41 Å². The molecule has 0 aromatic carbocycles. The Morgan fingerprint density at radius 2 is 1.86 bits per heavy atom. The Morgan fingerprint density at radius 3 is 2.67 bits per heavy atom. The van der Waals surface area contributed by atoms with Crippen LogP contribution in [0.15, 0.2) is 11.8 Å². The maximum Gasteiger partial charge on any atom is 0.0944 e. The second kappa shape index (κ2) is 4.50. The lowest BCUT2D eigenvalue weighted by Gasteiger charge is -2.60. The Kier molecular flexibility index (Phi) is 3.03. The van der Waals surface area contributed by atoms with Crippen LogP contribution in [0.4, 0.5) is 0 Å². The predicted octanol–water partition coefficient (Wildman–Crippen LogP) is 4.44. The quantitative estimate of drug-likeness (QED) is 0.692. The first-order chi connectivity index (χ1) is 9.95. The summed E-state index contributed by atoms with van der Waals surface area (Å²) < 4.78 is 0. The van der Waals surface area contributed by atoms with Gasteiger partial charge in [-0.05, 0) is 86.5 Å². The fraction of sp³-hybridized carbons (Fsp3) is 0.895. The van der Waals surface area contributed by atoms with Gasteiger partial charge in [0.2, 0.25) is 0 Å². The molecule has 0 spiro atoms. The van der Waals surface area contributed by atoms with Gasteiger partial charge in [0.15, 0.2) is 0 Å². The number of rotatable bonds is 0. The zero-order valence-corrected chi connectivity index (χ0v) is 13.5. The molecular weight excluding hydrogens is 260 g/mol. The molecule has 4 rings (SSSR count). The molecule has 2 nitrogen and oxygen atoms in total. The number of fused-ring (bicyclic) bond motifs is 5. The summed E-state index contributed by atoms with van der Waals surface area (Å²) in [4.78, 5) is 0. The van der Waals surface area contributed by atoms with Crippen LogP contribution < -0.4 is 0 Å². The van der Waals surface area contributed by atoms with Gasteiger partial charge in [-0.3, -0.25) is 0 Å². The molecule has 3 saturated carbocycles. The zero-order valence-electron chi connectivity index (χ0n) is 13.5. The second-order valence-electron chi connectivity index (χ2n) is 8.87. The Bertz CT molecular complexity index is 470. The van der Waals surface area contributed by atoms with Gasteiger partial charge < -0.3 is 10.2 Å².